The summed E-state index contributed by atoms with van der Waals surface area (Å²) in [5.41, 5.74) is 6.88. The largest absolute Gasteiger partial charge is 0.378 e. The van der Waals surface area contributed by atoms with Crippen molar-refractivity contribution in [3.05, 3.63) is 94.7 Å². The monoisotopic (exact) mass is 425 g/mol. The van der Waals surface area contributed by atoms with Crippen molar-refractivity contribution in [2.75, 3.05) is 29.2 Å². The molecule has 3 aromatic carbocycles. The van der Waals surface area contributed by atoms with Crippen LogP contribution in [0.15, 0.2) is 72.4 Å². The minimum absolute atomic E-state index is 0.291. The second-order valence-corrected chi connectivity index (χ2v) is 8.35. The molecule has 0 aromatic heterocycles. The van der Waals surface area contributed by atoms with Crippen molar-refractivity contribution >= 4 is 34.4 Å². The molecule has 0 spiro atoms. The van der Waals surface area contributed by atoms with E-state index in [4.69, 9.17) is 0 Å². The fourth-order valence-electron chi connectivity index (χ4n) is 3.83. The molecule has 32 heavy (non-hydrogen) atoms. The minimum atomic E-state index is -0.353. The molecular formula is C27H27N3O2. The van der Waals surface area contributed by atoms with E-state index < -0.39 is 0 Å². The maximum Gasteiger partial charge on any atom is 0.282 e. The number of rotatable bonds is 5. The van der Waals surface area contributed by atoms with Gasteiger partial charge >= 0.3 is 0 Å². The first kappa shape index (κ1) is 21.4. The summed E-state index contributed by atoms with van der Waals surface area (Å²) in [6.45, 7) is 5.93. The molecule has 2 amide bonds. The number of aryl methyl sites for hydroxylation is 3. The average molecular weight is 426 g/mol. The van der Waals surface area contributed by atoms with Gasteiger partial charge in [-0.2, -0.15) is 0 Å². The first-order chi connectivity index (χ1) is 15.3. The third-order valence-electron chi connectivity index (χ3n) is 5.89. The van der Waals surface area contributed by atoms with Crippen LogP contribution in [0.3, 0.4) is 0 Å². The maximum absolute atomic E-state index is 13.6. The molecule has 0 radical (unpaired) electrons. The van der Waals surface area contributed by atoms with E-state index in [2.05, 4.69) is 5.32 Å². The van der Waals surface area contributed by atoms with Gasteiger partial charge in [-0.25, -0.2) is 4.90 Å². The highest BCUT2D eigenvalue weighted by molar-refractivity contribution is 6.46. The first-order valence-corrected chi connectivity index (χ1v) is 10.6. The van der Waals surface area contributed by atoms with Crippen LogP contribution in [0.5, 0.6) is 0 Å². The van der Waals surface area contributed by atoms with E-state index >= 15 is 0 Å². The fraction of sp³-hybridized carbons (Fsp3) is 0.185. The number of carbonyl (C=O) groups excluding carboxylic acids is 2. The van der Waals surface area contributed by atoms with Gasteiger partial charge < -0.3 is 10.2 Å². The Morgan fingerprint density at radius 2 is 1.44 bits per heavy atom. The van der Waals surface area contributed by atoms with Crippen LogP contribution in [-0.4, -0.2) is 25.9 Å². The van der Waals surface area contributed by atoms with E-state index in [9.17, 15) is 9.59 Å². The van der Waals surface area contributed by atoms with Crippen molar-refractivity contribution in [2.45, 2.75) is 20.8 Å². The molecule has 0 unspecified atom stereocenters. The summed E-state index contributed by atoms with van der Waals surface area (Å²) in [6.07, 6.45) is 0. The molecule has 0 fully saturated rings. The quantitative estimate of drug-likeness (QED) is 0.580. The molecule has 5 heteroatoms. The average Bonchev–Trinajstić information content (AvgIpc) is 3.00. The molecule has 0 saturated carbocycles. The number of hydrogen-bond acceptors (Lipinski definition) is 4. The Kier molecular flexibility index (Phi) is 5.57. The zero-order chi connectivity index (χ0) is 23.0. The van der Waals surface area contributed by atoms with Crippen molar-refractivity contribution in [3.63, 3.8) is 0 Å². The number of imide groups is 1. The lowest BCUT2D eigenvalue weighted by molar-refractivity contribution is -0.120. The van der Waals surface area contributed by atoms with Gasteiger partial charge in [0.15, 0.2) is 0 Å². The van der Waals surface area contributed by atoms with E-state index in [0.29, 0.717) is 17.0 Å². The summed E-state index contributed by atoms with van der Waals surface area (Å²) in [6, 6.07) is 21.1. The molecule has 1 N–H and O–H groups in total. The number of carbonyl (C=O) groups is 2. The SMILES string of the molecule is Cc1ccc(C2=C(Nc3ccc(N(C)C)cc3)C(=O)N(c3ccccc3C)C2=O)cc1C. The van der Waals surface area contributed by atoms with Gasteiger partial charge in [-0.3, -0.25) is 9.59 Å². The van der Waals surface area contributed by atoms with Crippen LogP contribution in [0.2, 0.25) is 0 Å². The molecule has 162 valence electrons. The van der Waals surface area contributed by atoms with Crippen LogP contribution in [0.25, 0.3) is 5.57 Å². The molecule has 1 aliphatic rings. The van der Waals surface area contributed by atoms with Crippen LogP contribution in [0, 0.1) is 20.8 Å². The topological polar surface area (TPSA) is 52.7 Å². The zero-order valence-corrected chi connectivity index (χ0v) is 19.1. The summed E-state index contributed by atoms with van der Waals surface area (Å²) in [5.74, 6) is -0.672. The summed E-state index contributed by atoms with van der Waals surface area (Å²) in [4.78, 5) is 30.5. The van der Waals surface area contributed by atoms with E-state index in [1.165, 1.54) is 4.90 Å². The van der Waals surface area contributed by atoms with Crippen molar-refractivity contribution < 1.29 is 9.59 Å². The van der Waals surface area contributed by atoms with E-state index in [0.717, 1.165) is 33.6 Å². The fourth-order valence-corrected chi connectivity index (χ4v) is 3.83. The molecule has 5 nitrogen and oxygen atoms in total. The number of nitrogens with one attached hydrogen (secondary N) is 1. The molecule has 0 saturated heterocycles. The van der Waals surface area contributed by atoms with Crippen LogP contribution < -0.4 is 15.1 Å². The Hall–Kier alpha value is -3.86. The number of hydrogen-bond donors (Lipinski definition) is 1. The Balaban J connectivity index is 1.82. The molecule has 0 atom stereocenters. The highest BCUT2D eigenvalue weighted by Crippen LogP contribution is 2.35. The number of benzene rings is 3. The lowest BCUT2D eigenvalue weighted by Gasteiger charge is -2.18. The lowest BCUT2D eigenvalue weighted by atomic mass is 9.99. The van der Waals surface area contributed by atoms with Gasteiger partial charge in [0.1, 0.15) is 5.70 Å². The molecule has 0 bridgehead atoms. The molecule has 0 aliphatic carbocycles. The Labute approximate surface area is 189 Å². The first-order valence-electron chi connectivity index (χ1n) is 10.6. The van der Waals surface area contributed by atoms with Gasteiger partial charge in [0.05, 0.1) is 11.3 Å². The van der Waals surface area contributed by atoms with E-state index in [1.54, 1.807) is 6.07 Å². The summed E-state index contributed by atoms with van der Waals surface area (Å²) in [5, 5.41) is 3.24. The predicted octanol–water partition coefficient (Wildman–Crippen LogP) is 5.07. The van der Waals surface area contributed by atoms with Gasteiger partial charge in [0, 0.05) is 25.5 Å². The summed E-state index contributed by atoms with van der Waals surface area (Å²) in [7, 11) is 3.95. The summed E-state index contributed by atoms with van der Waals surface area (Å²) >= 11 is 0. The summed E-state index contributed by atoms with van der Waals surface area (Å²) < 4.78 is 0. The van der Waals surface area contributed by atoms with Crippen LogP contribution in [0.1, 0.15) is 22.3 Å². The standard InChI is InChI=1S/C27H27N3O2/c1-17-10-11-20(16-19(17)3)24-25(28-21-12-14-22(15-13-21)29(4)5)27(32)30(26(24)31)23-9-7-6-8-18(23)2/h6-16,28H,1-5H3. The van der Waals surface area contributed by atoms with Gasteiger partial charge in [0.25, 0.3) is 11.8 Å². The Bertz CT molecular complexity index is 1240. The van der Waals surface area contributed by atoms with Gasteiger partial charge in [-0.1, -0.05) is 36.4 Å². The van der Waals surface area contributed by atoms with E-state index in [-0.39, 0.29) is 11.8 Å². The molecule has 4 rings (SSSR count). The molecule has 1 aliphatic heterocycles. The predicted molar refractivity (Wildman–Crippen MR) is 131 cm³/mol. The lowest BCUT2D eigenvalue weighted by Crippen LogP contribution is -2.33. The third-order valence-corrected chi connectivity index (χ3v) is 5.89. The maximum atomic E-state index is 13.6. The highest BCUT2D eigenvalue weighted by Gasteiger charge is 2.40. The van der Waals surface area contributed by atoms with Crippen LogP contribution in [0.4, 0.5) is 17.1 Å². The van der Waals surface area contributed by atoms with Crippen molar-refractivity contribution in [3.8, 4) is 0 Å². The Morgan fingerprint density at radius 3 is 2.06 bits per heavy atom. The third kappa shape index (κ3) is 3.78. The number of para-hydroxylation sites is 1. The normalized spacial score (nSPS) is 13.7. The van der Waals surface area contributed by atoms with E-state index in [1.807, 2.05) is 100 Å². The molecular weight excluding hydrogens is 398 g/mol. The number of amides is 2. The number of anilines is 3. The van der Waals surface area contributed by atoms with Crippen LogP contribution in [-0.2, 0) is 9.59 Å². The Morgan fingerprint density at radius 1 is 0.750 bits per heavy atom. The van der Waals surface area contributed by atoms with Crippen molar-refractivity contribution in [1.82, 2.24) is 0 Å². The van der Waals surface area contributed by atoms with Crippen molar-refractivity contribution in [1.29, 1.82) is 0 Å². The second kappa shape index (κ2) is 8.35. The highest BCUT2D eigenvalue weighted by atomic mass is 16.2. The van der Waals surface area contributed by atoms with Gasteiger partial charge in [0.2, 0.25) is 0 Å². The second-order valence-electron chi connectivity index (χ2n) is 8.35. The smallest absolute Gasteiger partial charge is 0.282 e. The minimum Gasteiger partial charge on any atom is -0.378 e. The van der Waals surface area contributed by atoms with Gasteiger partial charge in [-0.15, -0.1) is 0 Å². The molecule has 1 heterocycles. The van der Waals surface area contributed by atoms with Gasteiger partial charge in [-0.05, 0) is 73.4 Å². The van der Waals surface area contributed by atoms with Crippen LogP contribution >= 0.6 is 0 Å². The van der Waals surface area contributed by atoms with Crippen molar-refractivity contribution in [2.24, 2.45) is 0 Å². The number of nitrogens with zero attached hydrogens (tertiary/aromatic N) is 2. The molecule has 3 aromatic rings. The zero-order valence-electron chi connectivity index (χ0n) is 19.1.